The molecule has 1 aromatic rings. The summed E-state index contributed by atoms with van der Waals surface area (Å²) in [5.41, 5.74) is 0.715. The van der Waals surface area contributed by atoms with E-state index in [2.05, 4.69) is 16.3 Å². The van der Waals surface area contributed by atoms with Gasteiger partial charge in [-0.25, -0.2) is 8.42 Å². The normalized spacial score (nSPS) is 13.5. The summed E-state index contributed by atoms with van der Waals surface area (Å²) in [4.78, 5) is 14.9. The van der Waals surface area contributed by atoms with E-state index in [1.165, 1.54) is 24.5 Å². The number of hydrogen-bond acceptors (Lipinski definition) is 4. The SMILES string of the molecule is C=CN=Cc1ccc(S(=O)(=O)NC(C(=O)O)C(C)C)cc1. The minimum Gasteiger partial charge on any atom is -0.480 e. The van der Waals surface area contributed by atoms with Crippen molar-refractivity contribution in [1.29, 1.82) is 0 Å². The Bertz CT molecular complexity index is 633. The third-order valence-electron chi connectivity index (χ3n) is 2.73. The molecule has 7 heteroatoms. The molecule has 0 fully saturated rings. The molecule has 21 heavy (non-hydrogen) atoms. The Morgan fingerprint density at radius 1 is 1.33 bits per heavy atom. The first-order valence-corrected chi connectivity index (χ1v) is 7.75. The quantitative estimate of drug-likeness (QED) is 0.748. The van der Waals surface area contributed by atoms with Crippen LogP contribution in [-0.4, -0.2) is 31.8 Å². The molecule has 0 aliphatic rings. The summed E-state index contributed by atoms with van der Waals surface area (Å²) >= 11 is 0. The van der Waals surface area contributed by atoms with Gasteiger partial charge in [-0.05, 0) is 23.6 Å². The van der Waals surface area contributed by atoms with E-state index in [0.717, 1.165) is 0 Å². The van der Waals surface area contributed by atoms with Crippen LogP contribution in [0.15, 0.2) is 46.9 Å². The summed E-state index contributed by atoms with van der Waals surface area (Å²) < 4.78 is 26.5. The Labute approximate surface area is 124 Å². The van der Waals surface area contributed by atoms with E-state index in [1.807, 2.05) is 0 Å². The van der Waals surface area contributed by atoms with Crippen LogP contribution in [0.25, 0.3) is 0 Å². The van der Waals surface area contributed by atoms with Crippen molar-refractivity contribution >= 4 is 22.2 Å². The number of carbonyl (C=O) groups is 1. The first-order chi connectivity index (χ1) is 9.77. The van der Waals surface area contributed by atoms with Crippen LogP contribution in [0, 0.1) is 5.92 Å². The predicted octanol–water partition coefficient (Wildman–Crippen LogP) is 1.64. The fourth-order valence-corrected chi connectivity index (χ4v) is 2.92. The molecular weight excluding hydrogens is 292 g/mol. The Morgan fingerprint density at radius 2 is 1.90 bits per heavy atom. The van der Waals surface area contributed by atoms with Crippen LogP contribution in [0.2, 0.25) is 0 Å². The smallest absolute Gasteiger partial charge is 0.322 e. The maximum atomic E-state index is 12.2. The Kier molecular flexibility index (Phi) is 5.80. The van der Waals surface area contributed by atoms with Gasteiger partial charge in [0, 0.05) is 12.4 Å². The zero-order valence-corrected chi connectivity index (χ0v) is 12.7. The van der Waals surface area contributed by atoms with Gasteiger partial charge in [-0.1, -0.05) is 32.6 Å². The molecule has 0 amide bonds. The van der Waals surface area contributed by atoms with Crippen LogP contribution in [0.4, 0.5) is 0 Å². The topological polar surface area (TPSA) is 95.8 Å². The fraction of sp³-hybridized carbons (Fsp3) is 0.286. The largest absolute Gasteiger partial charge is 0.480 e. The van der Waals surface area contributed by atoms with Crippen molar-refractivity contribution in [2.24, 2.45) is 10.9 Å². The number of carboxylic acid groups (broad SMARTS) is 1. The minimum atomic E-state index is -3.88. The van der Waals surface area contributed by atoms with E-state index in [9.17, 15) is 13.2 Å². The summed E-state index contributed by atoms with van der Waals surface area (Å²) in [6.07, 6.45) is 2.90. The second-order valence-electron chi connectivity index (χ2n) is 4.71. The number of nitrogens with one attached hydrogen (secondary N) is 1. The number of sulfonamides is 1. The highest BCUT2D eigenvalue weighted by molar-refractivity contribution is 7.89. The van der Waals surface area contributed by atoms with Crippen molar-refractivity contribution in [2.75, 3.05) is 0 Å². The van der Waals surface area contributed by atoms with Crippen LogP contribution in [0.3, 0.4) is 0 Å². The van der Waals surface area contributed by atoms with E-state index < -0.39 is 22.0 Å². The standard InChI is InChI=1S/C14H18N2O4S/c1-4-15-9-11-5-7-12(8-6-11)21(19,20)16-13(10(2)3)14(17)18/h4-10,13,16H,1H2,2-3H3,(H,17,18). The molecule has 0 aliphatic heterocycles. The van der Waals surface area contributed by atoms with E-state index in [4.69, 9.17) is 5.11 Å². The molecule has 1 unspecified atom stereocenters. The first-order valence-electron chi connectivity index (χ1n) is 6.27. The Hall–Kier alpha value is -1.99. The van der Waals surface area contributed by atoms with Crippen LogP contribution in [-0.2, 0) is 14.8 Å². The second kappa shape index (κ2) is 7.14. The molecule has 0 radical (unpaired) electrons. The van der Waals surface area contributed by atoms with Crippen LogP contribution >= 0.6 is 0 Å². The number of aliphatic imine (C=N–C) groups is 1. The number of rotatable bonds is 7. The highest BCUT2D eigenvalue weighted by Gasteiger charge is 2.27. The molecule has 1 rings (SSSR count). The maximum absolute atomic E-state index is 12.2. The summed E-state index contributed by atoms with van der Waals surface area (Å²) in [6, 6.07) is 4.77. The van der Waals surface area contributed by atoms with E-state index in [0.29, 0.717) is 5.56 Å². The Morgan fingerprint density at radius 3 is 2.33 bits per heavy atom. The predicted molar refractivity (Wildman–Crippen MR) is 80.8 cm³/mol. The zero-order chi connectivity index (χ0) is 16.0. The fourth-order valence-electron chi connectivity index (χ4n) is 1.58. The van der Waals surface area contributed by atoms with Gasteiger partial charge in [-0.15, -0.1) is 0 Å². The number of aliphatic carboxylic acids is 1. The molecule has 0 bridgehead atoms. The second-order valence-corrected chi connectivity index (χ2v) is 6.42. The molecule has 6 nitrogen and oxygen atoms in total. The highest BCUT2D eigenvalue weighted by atomic mass is 32.2. The van der Waals surface area contributed by atoms with Crippen molar-refractivity contribution in [3.63, 3.8) is 0 Å². The van der Waals surface area contributed by atoms with Crippen LogP contribution < -0.4 is 4.72 Å². The van der Waals surface area contributed by atoms with Gasteiger partial charge in [0.05, 0.1) is 4.90 Å². The lowest BCUT2D eigenvalue weighted by atomic mass is 10.1. The van der Waals surface area contributed by atoms with E-state index in [-0.39, 0.29) is 10.8 Å². The van der Waals surface area contributed by atoms with Crippen LogP contribution in [0.5, 0.6) is 0 Å². The van der Waals surface area contributed by atoms with Crippen molar-refractivity contribution in [2.45, 2.75) is 24.8 Å². The lowest BCUT2D eigenvalue weighted by molar-refractivity contribution is -0.140. The summed E-state index contributed by atoms with van der Waals surface area (Å²) in [5, 5.41) is 9.04. The summed E-state index contributed by atoms with van der Waals surface area (Å²) in [6.45, 7) is 6.71. The molecule has 0 heterocycles. The molecule has 0 aromatic heterocycles. The molecule has 114 valence electrons. The number of benzene rings is 1. The molecule has 1 aromatic carbocycles. The van der Waals surface area contributed by atoms with Gasteiger partial charge < -0.3 is 5.11 Å². The molecule has 0 spiro atoms. The number of carboxylic acids is 1. The lowest BCUT2D eigenvalue weighted by Gasteiger charge is -2.17. The monoisotopic (exact) mass is 310 g/mol. The van der Waals surface area contributed by atoms with Gasteiger partial charge in [-0.2, -0.15) is 4.72 Å². The van der Waals surface area contributed by atoms with Gasteiger partial charge in [0.1, 0.15) is 6.04 Å². The molecule has 0 saturated heterocycles. The van der Waals surface area contributed by atoms with Gasteiger partial charge in [0.25, 0.3) is 0 Å². The molecular formula is C14H18N2O4S. The lowest BCUT2D eigenvalue weighted by Crippen LogP contribution is -2.44. The Balaban J connectivity index is 2.99. The van der Waals surface area contributed by atoms with E-state index in [1.54, 1.807) is 26.0 Å². The summed E-state index contributed by atoms with van der Waals surface area (Å²) in [7, 11) is -3.88. The van der Waals surface area contributed by atoms with Crippen molar-refractivity contribution in [3.8, 4) is 0 Å². The molecule has 2 N–H and O–H groups in total. The maximum Gasteiger partial charge on any atom is 0.322 e. The van der Waals surface area contributed by atoms with Gasteiger partial charge in [0.2, 0.25) is 10.0 Å². The third-order valence-corrected chi connectivity index (χ3v) is 4.19. The first kappa shape index (κ1) is 17.1. The summed E-state index contributed by atoms with van der Waals surface area (Å²) in [5.74, 6) is -1.57. The van der Waals surface area contributed by atoms with Crippen molar-refractivity contribution in [1.82, 2.24) is 4.72 Å². The number of nitrogens with zero attached hydrogens (tertiary/aromatic N) is 1. The van der Waals surface area contributed by atoms with Gasteiger partial charge in [-0.3, -0.25) is 9.79 Å². The third kappa shape index (κ3) is 4.80. The number of hydrogen-bond donors (Lipinski definition) is 2. The zero-order valence-electron chi connectivity index (χ0n) is 11.9. The molecule has 0 saturated carbocycles. The molecule has 0 aliphatic carbocycles. The highest BCUT2D eigenvalue weighted by Crippen LogP contribution is 2.12. The van der Waals surface area contributed by atoms with Crippen LogP contribution in [0.1, 0.15) is 19.4 Å². The van der Waals surface area contributed by atoms with Gasteiger partial charge >= 0.3 is 5.97 Å². The van der Waals surface area contributed by atoms with E-state index >= 15 is 0 Å². The average molecular weight is 310 g/mol. The molecule has 1 atom stereocenters. The average Bonchev–Trinajstić information content (AvgIpc) is 2.42. The van der Waals surface area contributed by atoms with Crippen molar-refractivity contribution in [3.05, 3.63) is 42.6 Å². The van der Waals surface area contributed by atoms with Crippen molar-refractivity contribution < 1.29 is 18.3 Å². The minimum absolute atomic E-state index is 0.00477. The van der Waals surface area contributed by atoms with Gasteiger partial charge in [0.15, 0.2) is 0 Å².